The molecule has 0 saturated carbocycles. The summed E-state index contributed by atoms with van der Waals surface area (Å²) in [4.78, 5) is 37.7. The van der Waals surface area contributed by atoms with Crippen molar-refractivity contribution in [1.29, 1.82) is 0 Å². The van der Waals surface area contributed by atoms with Gasteiger partial charge in [-0.25, -0.2) is 4.79 Å². The molecule has 0 fully saturated rings. The van der Waals surface area contributed by atoms with E-state index in [1.165, 1.54) is 212 Å². The Labute approximate surface area is 550 Å². The third-order valence-corrected chi connectivity index (χ3v) is 16.3. The topological polar surface area (TPSA) is 108 Å². The number of likely N-dealkylation sites (N-methyl/N-ethyl adjacent to an activating group) is 1. The predicted molar refractivity (Wildman–Crippen MR) is 382 cm³/mol. The fourth-order valence-corrected chi connectivity index (χ4v) is 10.6. The standard InChI is InChI=1S/C80H141NO8/c1-6-8-10-12-14-16-18-20-22-24-26-28-30-32-34-36-37-38-39-40-41-43-44-46-48-50-52-54-56-58-60-62-64-66-68-70-77(82)87-74-76(75-88-80(79(84)85)86-73-72-81(3,4)5)89-78(83)71-69-67-65-63-61-59-57-55-53-51-49-47-45-42-35-33-31-29-27-25-23-21-19-17-15-13-11-9-7-2/h9,11,15,17-18,20-21,23-24,26-27,29,33,35,45,47,76,80H,6-8,10,12-14,16,19,22,25,28,30-32,34,36-44,46,48-75H2,1-5H3/p+1/b11-9-,17-15-,20-18-,23-21-,26-24-,29-27-,35-33-,47-45-. The molecule has 0 saturated heterocycles. The van der Waals surface area contributed by atoms with Crippen molar-refractivity contribution >= 4 is 17.9 Å². The fourth-order valence-electron chi connectivity index (χ4n) is 10.6. The van der Waals surface area contributed by atoms with Crippen LogP contribution in [0.1, 0.15) is 335 Å². The van der Waals surface area contributed by atoms with E-state index in [1.54, 1.807) is 0 Å². The van der Waals surface area contributed by atoms with Gasteiger partial charge in [-0.1, -0.05) is 323 Å². The Morgan fingerprint density at radius 2 is 0.640 bits per heavy atom. The maximum Gasteiger partial charge on any atom is 0.361 e. The number of carbonyl (C=O) groups excluding carboxylic acids is 2. The van der Waals surface area contributed by atoms with E-state index in [-0.39, 0.29) is 32.2 Å². The van der Waals surface area contributed by atoms with Gasteiger partial charge >= 0.3 is 17.9 Å². The molecule has 0 rings (SSSR count). The van der Waals surface area contributed by atoms with Crippen LogP contribution in [0.4, 0.5) is 0 Å². The van der Waals surface area contributed by atoms with Gasteiger partial charge in [0.25, 0.3) is 6.29 Å². The minimum atomic E-state index is -1.52. The summed E-state index contributed by atoms with van der Waals surface area (Å²) < 4.78 is 23.0. The van der Waals surface area contributed by atoms with E-state index in [9.17, 15) is 19.5 Å². The zero-order valence-corrected chi connectivity index (χ0v) is 58.8. The molecule has 0 aliphatic rings. The number of rotatable bonds is 69. The minimum absolute atomic E-state index is 0.184. The van der Waals surface area contributed by atoms with Gasteiger partial charge in [0.2, 0.25) is 0 Å². The maximum atomic E-state index is 13.0. The first-order valence-corrected chi connectivity index (χ1v) is 37.4. The lowest BCUT2D eigenvalue weighted by Crippen LogP contribution is -2.40. The first-order chi connectivity index (χ1) is 43.6. The van der Waals surface area contributed by atoms with E-state index in [1.807, 2.05) is 21.1 Å². The molecule has 0 aromatic heterocycles. The summed E-state index contributed by atoms with van der Waals surface area (Å²) in [6.07, 6.45) is 93.9. The molecule has 0 heterocycles. The normalized spacial score (nSPS) is 13.2. The summed E-state index contributed by atoms with van der Waals surface area (Å²) in [6.45, 7) is 4.78. The maximum absolute atomic E-state index is 13.0. The molecule has 514 valence electrons. The average Bonchev–Trinajstić information content (AvgIpc) is 3.71. The van der Waals surface area contributed by atoms with Crippen LogP contribution in [0.3, 0.4) is 0 Å². The molecule has 0 aliphatic heterocycles. The van der Waals surface area contributed by atoms with E-state index in [2.05, 4.69) is 111 Å². The number of nitrogens with zero attached hydrogens (tertiary/aromatic N) is 1. The van der Waals surface area contributed by atoms with Gasteiger partial charge in [0.15, 0.2) is 6.10 Å². The lowest BCUT2D eigenvalue weighted by molar-refractivity contribution is -0.870. The summed E-state index contributed by atoms with van der Waals surface area (Å²) >= 11 is 0. The SMILES string of the molecule is CC/C=C\C/C=C\C/C=C\C/C=C\C/C=C\C/C=C\CCCCCCCCCCCCC(=O)OC(COC(=O)CCCCCCCCCCCCCCCCCCCCCCCCC/C=C\C/C=C\CCCCCCC)COC(OCC[N+](C)(C)C)C(=O)O. The molecule has 1 N–H and O–H groups in total. The third-order valence-electron chi connectivity index (χ3n) is 16.3. The second-order valence-corrected chi connectivity index (χ2v) is 26.2. The second kappa shape index (κ2) is 70.1. The van der Waals surface area contributed by atoms with Crippen molar-refractivity contribution in [1.82, 2.24) is 0 Å². The molecule has 0 amide bonds. The molecule has 0 spiro atoms. The fraction of sp³-hybridized carbons (Fsp3) is 0.762. The zero-order chi connectivity index (χ0) is 64.7. The number of ether oxygens (including phenoxy) is 4. The van der Waals surface area contributed by atoms with Crippen molar-refractivity contribution in [3.8, 4) is 0 Å². The van der Waals surface area contributed by atoms with E-state index in [4.69, 9.17) is 18.9 Å². The summed E-state index contributed by atoms with van der Waals surface area (Å²) in [6, 6.07) is 0. The number of aliphatic carboxylic acids is 1. The first-order valence-electron chi connectivity index (χ1n) is 37.4. The number of carboxylic acid groups (broad SMARTS) is 1. The Morgan fingerprint density at radius 3 is 0.955 bits per heavy atom. The molecular formula is C80H142NO8+. The Bertz CT molecular complexity index is 1790. The number of esters is 2. The van der Waals surface area contributed by atoms with Crippen molar-refractivity contribution in [2.45, 2.75) is 347 Å². The summed E-state index contributed by atoms with van der Waals surface area (Å²) in [5, 5.41) is 9.76. The number of carbonyl (C=O) groups is 3. The van der Waals surface area contributed by atoms with Crippen molar-refractivity contribution < 1.29 is 42.9 Å². The molecule has 0 aromatic rings. The number of hydrogen-bond acceptors (Lipinski definition) is 7. The lowest BCUT2D eigenvalue weighted by Gasteiger charge is -2.25. The Hall–Kier alpha value is -3.79. The highest BCUT2D eigenvalue weighted by atomic mass is 16.7. The molecule has 2 unspecified atom stereocenters. The molecule has 0 aromatic carbocycles. The van der Waals surface area contributed by atoms with Gasteiger partial charge in [-0.15, -0.1) is 0 Å². The highest BCUT2D eigenvalue weighted by molar-refractivity contribution is 5.71. The van der Waals surface area contributed by atoms with Crippen LogP contribution in [0.2, 0.25) is 0 Å². The summed E-state index contributed by atoms with van der Waals surface area (Å²) in [7, 11) is 5.98. The Kier molecular flexibility index (Phi) is 67.1. The van der Waals surface area contributed by atoms with Crippen LogP contribution in [0.5, 0.6) is 0 Å². The van der Waals surface area contributed by atoms with Gasteiger partial charge in [-0.2, -0.15) is 0 Å². The van der Waals surface area contributed by atoms with Crippen molar-refractivity contribution in [3.05, 3.63) is 97.2 Å². The average molecular weight is 1250 g/mol. The molecule has 89 heavy (non-hydrogen) atoms. The number of quaternary nitrogens is 1. The molecular weight excluding hydrogens is 1100 g/mol. The van der Waals surface area contributed by atoms with Crippen molar-refractivity contribution in [2.24, 2.45) is 0 Å². The van der Waals surface area contributed by atoms with Crippen molar-refractivity contribution in [2.75, 3.05) is 47.5 Å². The van der Waals surface area contributed by atoms with Crippen LogP contribution in [-0.2, 0) is 33.3 Å². The Morgan fingerprint density at radius 1 is 0.348 bits per heavy atom. The van der Waals surface area contributed by atoms with Gasteiger partial charge < -0.3 is 28.5 Å². The monoisotopic (exact) mass is 1250 g/mol. The van der Waals surface area contributed by atoms with Crippen LogP contribution in [0, 0.1) is 0 Å². The molecule has 0 radical (unpaired) electrons. The van der Waals surface area contributed by atoms with Gasteiger partial charge in [-0.05, 0) is 96.3 Å². The predicted octanol–water partition coefficient (Wildman–Crippen LogP) is 23.6. The highest BCUT2D eigenvalue weighted by Gasteiger charge is 2.25. The molecule has 2 atom stereocenters. The highest BCUT2D eigenvalue weighted by Crippen LogP contribution is 2.18. The lowest BCUT2D eigenvalue weighted by atomic mass is 10.0. The van der Waals surface area contributed by atoms with E-state index in [0.717, 1.165) is 89.9 Å². The van der Waals surface area contributed by atoms with Crippen LogP contribution >= 0.6 is 0 Å². The smallest absolute Gasteiger partial charge is 0.361 e. The van der Waals surface area contributed by atoms with Crippen LogP contribution in [0.25, 0.3) is 0 Å². The van der Waals surface area contributed by atoms with E-state index in [0.29, 0.717) is 23.9 Å². The minimum Gasteiger partial charge on any atom is -0.477 e. The summed E-state index contributed by atoms with van der Waals surface area (Å²) in [5.74, 6) is -2.00. The third kappa shape index (κ3) is 71.5. The van der Waals surface area contributed by atoms with Crippen LogP contribution in [-0.4, -0.2) is 87.4 Å². The van der Waals surface area contributed by atoms with Crippen molar-refractivity contribution in [3.63, 3.8) is 0 Å². The molecule has 0 aliphatic carbocycles. The quantitative estimate of drug-likeness (QED) is 0.0211. The summed E-state index contributed by atoms with van der Waals surface area (Å²) in [5.41, 5.74) is 0. The van der Waals surface area contributed by atoms with Gasteiger partial charge in [0, 0.05) is 12.8 Å². The van der Waals surface area contributed by atoms with Gasteiger partial charge in [0.05, 0.1) is 34.4 Å². The molecule has 9 heteroatoms. The van der Waals surface area contributed by atoms with Crippen LogP contribution < -0.4 is 0 Å². The number of hydrogen-bond donors (Lipinski definition) is 1. The largest absolute Gasteiger partial charge is 0.477 e. The van der Waals surface area contributed by atoms with Gasteiger partial charge in [-0.3, -0.25) is 9.59 Å². The second-order valence-electron chi connectivity index (χ2n) is 26.2. The van der Waals surface area contributed by atoms with Crippen LogP contribution in [0.15, 0.2) is 97.2 Å². The zero-order valence-electron chi connectivity index (χ0n) is 58.8. The van der Waals surface area contributed by atoms with Gasteiger partial charge in [0.1, 0.15) is 13.2 Å². The number of carboxylic acids is 1. The number of allylic oxidation sites excluding steroid dienone is 16. The first kappa shape index (κ1) is 85.2. The van der Waals surface area contributed by atoms with E-state index < -0.39 is 24.3 Å². The molecule has 0 bridgehead atoms. The Balaban J connectivity index is 4.06. The molecule has 9 nitrogen and oxygen atoms in total. The van der Waals surface area contributed by atoms with E-state index >= 15 is 0 Å². The number of unbranched alkanes of at least 4 members (excludes halogenated alkanes) is 38.